The number of pyridine rings is 4. The van der Waals surface area contributed by atoms with Crippen molar-refractivity contribution in [2.24, 2.45) is 10.7 Å². The van der Waals surface area contributed by atoms with Gasteiger partial charge >= 0.3 is 0 Å². The molecule has 6 nitrogen and oxygen atoms in total. The molecule has 60 heavy (non-hydrogen) atoms. The van der Waals surface area contributed by atoms with Gasteiger partial charge in [0.2, 0.25) is 0 Å². The van der Waals surface area contributed by atoms with Gasteiger partial charge in [-0.3, -0.25) is 24.9 Å². The summed E-state index contributed by atoms with van der Waals surface area (Å²) < 4.78 is 0. The number of hydrogen-bond donors (Lipinski definition) is 1. The minimum atomic E-state index is 0.573. The van der Waals surface area contributed by atoms with Gasteiger partial charge in [-0.2, -0.15) is 0 Å². The number of fused-ring (bicyclic) bond motifs is 4. The molecule has 0 spiro atoms. The largest absolute Gasteiger partial charge is 0.398 e. The molecule has 10 rings (SSSR count). The minimum absolute atomic E-state index is 0.573. The van der Waals surface area contributed by atoms with Crippen LogP contribution >= 0.6 is 0 Å². The van der Waals surface area contributed by atoms with Crippen LogP contribution in [0.2, 0.25) is 0 Å². The first-order chi connectivity index (χ1) is 29.4. The lowest BCUT2D eigenvalue weighted by atomic mass is 9.92. The predicted octanol–water partition coefficient (Wildman–Crippen LogP) is 12.9. The third kappa shape index (κ3) is 7.30. The molecule has 0 bridgehead atoms. The summed E-state index contributed by atoms with van der Waals surface area (Å²) in [6.45, 7) is 6.11. The Hall–Kier alpha value is -8.09. The second-order valence-electron chi connectivity index (χ2n) is 15.1. The van der Waals surface area contributed by atoms with Gasteiger partial charge in [-0.25, -0.2) is 0 Å². The van der Waals surface area contributed by atoms with Crippen LogP contribution in [-0.2, 0) is 0 Å². The molecule has 6 heteroatoms. The van der Waals surface area contributed by atoms with Gasteiger partial charge < -0.3 is 5.73 Å². The molecule has 0 fully saturated rings. The highest BCUT2D eigenvalue weighted by Crippen LogP contribution is 2.35. The molecule has 4 heterocycles. The predicted molar refractivity (Wildman–Crippen MR) is 249 cm³/mol. The quantitative estimate of drug-likeness (QED) is 0.155. The zero-order chi connectivity index (χ0) is 40.6. The molecule has 0 aliphatic heterocycles. The van der Waals surface area contributed by atoms with E-state index in [-0.39, 0.29) is 0 Å². The molecule has 6 aromatic carbocycles. The number of hydrogen-bond acceptors (Lipinski definition) is 6. The van der Waals surface area contributed by atoms with Gasteiger partial charge in [-0.1, -0.05) is 55.1 Å². The number of nitrogens with zero attached hydrogens (tertiary/aromatic N) is 5. The Kier molecular flexibility index (Phi) is 9.27. The highest BCUT2D eigenvalue weighted by atomic mass is 14.7. The second-order valence-corrected chi connectivity index (χ2v) is 15.1. The molecule has 0 radical (unpaired) electrons. The Morgan fingerprint density at radius 2 is 0.767 bits per heavy atom. The monoisotopic (exact) mass is 770 g/mol. The third-order valence-corrected chi connectivity index (χ3v) is 10.8. The van der Waals surface area contributed by atoms with Gasteiger partial charge in [0, 0.05) is 63.3 Å². The first-order valence-electron chi connectivity index (χ1n) is 19.8. The number of allylic oxidation sites excluding steroid dienone is 2. The lowest BCUT2D eigenvalue weighted by molar-refractivity contribution is 1.32. The van der Waals surface area contributed by atoms with Crippen LogP contribution in [0, 0.1) is 0 Å². The van der Waals surface area contributed by atoms with E-state index in [1.807, 2.05) is 62.1 Å². The fourth-order valence-corrected chi connectivity index (χ4v) is 7.87. The summed E-state index contributed by atoms with van der Waals surface area (Å²) in [6.07, 6.45) is 9.27. The van der Waals surface area contributed by atoms with Crippen LogP contribution in [0.15, 0.2) is 206 Å². The van der Waals surface area contributed by atoms with Crippen molar-refractivity contribution in [3.8, 4) is 44.5 Å². The average molecular weight is 771 g/mol. The number of nitrogens with two attached hydrogens (primary N) is 1. The summed E-state index contributed by atoms with van der Waals surface area (Å²) in [4.78, 5) is 23.3. The van der Waals surface area contributed by atoms with E-state index in [0.29, 0.717) is 17.1 Å². The smallest absolute Gasteiger partial charge is 0.0726 e. The first kappa shape index (κ1) is 36.3. The van der Waals surface area contributed by atoms with Gasteiger partial charge in [0.15, 0.2) is 0 Å². The molecule has 4 aromatic heterocycles. The van der Waals surface area contributed by atoms with Crippen molar-refractivity contribution in [3.63, 3.8) is 0 Å². The Balaban J connectivity index is 1.14. The summed E-state index contributed by atoms with van der Waals surface area (Å²) in [5.74, 6) is 0. The number of aromatic nitrogens is 4. The molecule has 0 saturated heterocycles. The van der Waals surface area contributed by atoms with E-state index in [0.717, 1.165) is 99.2 Å². The molecule has 0 saturated carbocycles. The van der Waals surface area contributed by atoms with Crippen LogP contribution < -0.4 is 5.73 Å². The Bertz CT molecular complexity index is 3190. The molecular formula is C54H38N6. The summed E-state index contributed by atoms with van der Waals surface area (Å²) in [5.41, 5.74) is 23.2. The SMILES string of the molecule is C=C(C)/N=C(\C=C(/N)c1cc(-c2ccc3ncccc3c2)cc(-c2ccc3ncccc3c2)c1)c1cc(-c2ccc3ncccc3c2)cc(-c2ccc3ncccc3c2)c1. The normalized spacial score (nSPS) is 12.1. The lowest BCUT2D eigenvalue weighted by Gasteiger charge is -2.15. The number of rotatable bonds is 8. The fourth-order valence-electron chi connectivity index (χ4n) is 7.87. The summed E-state index contributed by atoms with van der Waals surface area (Å²) >= 11 is 0. The zero-order valence-electron chi connectivity index (χ0n) is 32.9. The topological polar surface area (TPSA) is 89.9 Å². The molecule has 0 aliphatic rings. The van der Waals surface area contributed by atoms with Crippen molar-refractivity contribution in [1.82, 2.24) is 19.9 Å². The molecule has 0 unspecified atom stereocenters. The molecule has 0 aliphatic carbocycles. The van der Waals surface area contributed by atoms with E-state index in [1.165, 1.54) is 0 Å². The van der Waals surface area contributed by atoms with Crippen molar-refractivity contribution >= 4 is 55.0 Å². The van der Waals surface area contributed by atoms with E-state index < -0.39 is 0 Å². The van der Waals surface area contributed by atoms with E-state index in [9.17, 15) is 0 Å². The van der Waals surface area contributed by atoms with Crippen molar-refractivity contribution in [1.29, 1.82) is 0 Å². The first-order valence-corrected chi connectivity index (χ1v) is 19.8. The molecule has 2 N–H and O–H groups in total. The van der Waals surface area contributed by atoms with E-state index >= 15 is 0 Å². The molecule has 10 aromatic rings. The number of aliphatic imine (C=N–C) groups is 1. The molecular weight excluding hydrogens is 733 g/mol. The summed E-state index contributed by atoms with van der Waals surface area (Å²) in [5, 5.41) is 4.28. The van der Waals surface area contributed by atoms with Gasteiger partial charge in [-0.05, 0) is 172 Å². The van der Waals surface area contributed by atoms with Crippen molar-refractivity contribution in [3.05, 3.63) is 212 Å². The average Bonchev–Trinajstić information content (AvgIpc) is 3.30. The summed E-state index contributed by atoms with van der Waals surface area (Å²) in [7, 11) is 0. The highest BCUT2D eigenvalue weighted by Gasteiger charge is 2.14. The third-order valence-electron chi connectivity index (χ3n) is 10.8. The Morgan fingerprint density at radius 3 is 1.10 bits per heavy atom. The standard InChI is InChI=1S/C54H38N6/c1-34(2)60-54(48-31-45(37-13-17-52-41(25-37)9-5-21-58-52)28-46(32-48)38-14-18-53-42(26-38)10-6-22-59-53)33-49(55)47-29-43(35-11-15-50-39(23-35)7-3-19-56-50)27-44(30-47)36-12-16-51-40(24-36)8-4-20-57-51/h3-33H,1,55H2,2H3/b49-33-,60-54+. The van der Waals surface area contributed by atoms with Crippen molar-refractivity contribution < 1.29 is 0 Å². The van der Waals surface area contributed by atoms with E-state index in [1.54, 1.807) is 0 Å². The summed E-state index contributed by atoms with van der Waals surface area (Å²) in [6, 6.07) is 54.9. The van der Waals surface area contributed by atoms with Crippen molar-refractivity contribution in [2.75, 3.05) is 0 Å². The second kappa shape index (κ2) is 15.3. The van der Waals surface area contributed by atoms with Gasteiger partial charge in [-0.15, -0.1) is 0 Å². The van der Waals surface area contributed by atoms with Crippen LogP contribution in [0.3, 0.4) is 0 Å². The zero-order valence-corrected chi connectivity index (χ0v) is 32.9. The van der Waals surface area contributed by atoms with Crippen LogP contribution in [0.5, 0.6) is 0 Å². The van der Waals surface area contributed by atoms with Crippen molar-refractivity contribution in [2.45, 2.75) is 6.92 Å². The maximum absolute atomic E-state index is 7.22. The lowest BCUT2D eigenvalue weighted by Crippen LogP contribution is -2.05. The number of benzene rings is 6. The van der Waals surface area contributed by atoms with Gasteiger partial charge in [0.1, 0.15) is 0 Å². The van der Waals surface area contributed by atoms with E-state index in [2.05, 4.69) is 160 Å². The van der Waals surface area contributed by atoms with Crippen LogP contribution in [0.4, 0.5) is 0 Å². The maximum atomic E-state index is 7.22. The van der Waals surface area contributed by atoms with Gasteiger partial charge in [0.25, 0.3) is 0 Å². The van der Waals surface area contributed by atoms with Crippen LogP contribution in [-0.4, -0.2) is 25.6 Å². The van der Waals surface area contributed by atoms with Crippen LogP contribution in [0.25, 0.3) is 93.8 Å². The van der Waals surface area contributed by atoms with Crippen LogP contribution in [0.1, 0.15) is 18.1 Å². The highest BCUT2D eigenvalue weighted by molar-refractivity contribution is 6.14. The maximum Gasteiger partial charge on any atom is 0.0726 e. The Labute approximate surface area is 347 Å². The molecule has 284 valence electrons. The molecule has 0 amide bonds. The Morgan fingerprint density at radius 1 is 0.433 bits per heavy atom. The molecule has 0 atom stereocenters. The van der Waals surface area contributed by atoms with E-state index in [4.69, 9.17) is 10.7 Å². The fraction of sp³-hybridized carbons (Fsp3) is 0.0185. The minimum Gasteiger partial charge on any atom is -0.398 e. The van der Waals surface area contributed by atoms with Gasteiger partial charge in [0.05, 0.1) is 27.8 Å².